The molecule has 0 aromatic heterocycles. The summed E-state index contributed by atoms with van der Waals surface area (Å²) in [5.74, 6) is -0.395. The fraction of sp³-hybridized carbons (Fsp3) is 0.545. The maximum atomic E-state index is 13.3. The average molecular weight is 420 g/mol. The third-order valence-corrected chi connectivity index (χ3v) is 5.87. The minimum Gasteiger partial charge on any atom is -0.395 e. The first-order valence-electron chi connectivity index (χ1n) is 10.5. The summed E-state index contributed by atoms with van der Waals surface area (Å²) in [5.41, 5.74) is 1.73. The van der Waals surface area contributed by atoms with E-state index in [1.54, 1.807) is 12.1 Å². The first-order valence-corrected chi connectivity index (χ1v) is 10.9. The Bertz CT molecular complexity index is 755. The van der Waals surface area contributed by atoms with E-state index in [2.05, 4.69) is 11.8 Å². The molecule has 1 fully saturated rings. The molecule has 1 aromatic carbocycles. The molecule has 0 radical (unpaired) electrons. The molecule has 0 unspecified atom stereocenters. The van der Waals surface area contributed by atoms with Gasteiger partial charge in [-0.1, -0.05) is 49.9 Å². The molecule has 6 nitrogen and oxygen atoms in total. The van der Waals surface area contributed by atoms with Crippen molar-refractivity contribution in [2.75, 3.05) is 45.9 Å². The highest BCUT2D eigenvalue weighted by Gasteiger charge is 2.41. The van der Waals surface area contributed by atoms with Gasteiger partial charge < -0.3 is 10.0 Å². The van der Waals surface area contributed by atoms with Gasteiger partial charge in [0, 0.05) is 44.3 Å². The van der Waals surface area contributed by atoms with Crippen LogP contribution in [0.4, 0.5) is 0 Å². The van der Waals surface area contributed by atoms with Gasteiger partial charge in [0.2, 0.25) is 0 Å². The number of β-amino-alcohol motifs (C(OH)–C–C–N with tert-alkyl or cyclic N) is 1. The summed E-state index contributed by atoms with van der Waals surface area (Å²) >= 11 is 6.03. The second-order valence-corrected chi connectivity index (χ2v) is 8.04. The van der Waals surface area contributed by atoms with Gasteiger partial charge in [-0.15, -0.1) is 0 Å². The molecule has 29 heavy (non-hydrogen) atoms. The molecule has 3 rings (SSSR count). The summed E-state index contributed by atoms with van der Waals surface area (Å²) in [7, 11) is 0. The number of aliphatic hydroxyl groups is 1. The molecular formula is C22H30ClN3O3. The van der Waals surface area contributed by atoms with E-state index in [9.17, 15) is 9.59 Å². The van der Waals surface area contributed by atoms with Crippen molar-refractivity contribution in [3.05, 3.63) is 40.5 Å². The molecule has 0 bridgehead atoms. The lowest BCUT2D eigenvalue weighted by Gasteiger charge is -2.36. The van der Waals surface area contributed by atoms with Crippen LogP contribution in [0.25, 0.3) is 5.57 Å². The largest absolute Gasteiger partial charge is 0.395 e. The molecule has 0 saturated carbocycles. The second-order valence-electron chi connectivity index (χ2n) is 7.61. The minimum absolute atomic E-state index is 0.127. The van der Waals surface area contributed by atoms with Gasteiger partial charge in [0.1, 0.15) is 5.70 Å². The number of amides is 2. The van der Waals surface area contributed by atoms with Crippen molar-refractivity contribution < 1.29 is 14.7 Å². The van der Waals surface area contributed by atoms with Gasteiger partial charge in [-0.3, -0.25) is 19.4 Å². The van der Waals surface area contributed by atoms with Gasteiger partial charge in [-0.25, -0.2) is 0 Å². The molecule has 158 valence electrons. The fourth-order valence-corrected chi connectivity index (χ4v) is 4.10. The van der Waals surface area contributed by atoms with Crippen molar-refractivity contribution in [1.29, 1.82) is 0 Å². The van der Waals surface area contributed by atoms with Crippen LogP contribution in [0.3, 0.4) is 0 Å². The normalized spacial score (nSPS) is 18.3. The Morgan fingerprint density at radius 3 is 2.24 bits per heavy atom. The molecule has 1 N–H and O–H groups in total. The first-order chi connectivity index (χ1) is 14.1. The summed E-state index contributed by atoms with van der Waals surface area (Å²) in [6.07, 6.45) is 4.06. The topological polar surface area (TPSA) is 64.1 Å². The summed E-state index contributed by atoms with van der Waals surface area (Å²) in [6, 6.07) is 7.13. The molecular weight excluding hydrogens is 390 g/mol. The van der Waals surface area contributed by atoms with E-state index in [1.165, 1.54) is 4.90 Å². The van der Waals surface area contributed by atoms with Crippen LogP contribution < -0.4 is 0 Å². The summed E-state index contributed by atoms with van der Waals surface area (Å²) in [5, 5.41) is 9.76. The highest BCUT2D eigenvalue weighted by atomic mass is 35.5. The zero-order valence-electron chi connectivity index (χ0n) is 17.1. The highest BCUT2D eigenvalue weighted by molar-refractivity contribution is 6.36. The van der Waals surface area contributed by atoms with Crippen LogP contribution in [-0.2, 0) is 9.59 Å². The smallest absolute Gasteiger partial charge is 0.277 e. The van der Waals surface area contributed by atoms with Gasteiger partial charge in [0.05, 0.1) is 12.2 Å². The third-order valence-electron chi connectivity index (χ3n) is 5.62. The van der Waals surface area contributed by atoms with E-state index in [4.69, 9.17) is 16.7 Å². The molecule has 7 heteroatoms. The number of halogens is 1. The molecule has 2 aliphatic heterocycles. The van der Waals surface area contributed by atoms with Crippen LogP contribution >= 0.6 is 11.6 Å². The van der Waals surface area contributed by atoms with Gasteiger partial charge in [0.15, 0.2) is 0 Å². The monoisotopic (exact) mass is 419 g/mol. The van der Waals surface area contributed by atoms with Gasteiger partial charge in [-0.2, -0.15) is 0 Å². The molecule has 2 amide bonds. The lowest BCUT2D eigenvalue weighted by molar-refractivity contribution is -0.137. The van der Waals surface area contributed by atoms with E-state index < -0.39 is 0 Å². The number of piperazine rings is 1. The molecule has 2 aliphatic rings. The number of carbonyl (C=O) groups is 2. The number of nitrogens with zero attached hydrogens (tertiary/aromatic N) is 3. The Hall–Kier alpha value is -1.89. The van der Waals surface area contributed by atoms with Crippen molar-refractivity contribution in [1.82, 2.24) is 14.7 Å². The Labute approximate surface area is 177 Å². The highest BCUT2D eigenvalue weighted by Crippen LogP contribution is 2.33. The van der Waals surface area contributed by atoms with Crippen LogP contribution in [-0.4, -0.2) is 77.5 Å². The standard InChI is InChI=1S/C22H30ClN3O3/c1-2-3-4-5-10-26-21(28)19(17-6-8-18(23)9-7-17)20(22(26)29)25-13-11-24(12-14-25)15-16-27/h6-9,27H,2-5,10-16H2,1H3. The Morgan fingerprint density at radius 1 is 0.931 bits per heavy atom. The Balaban J connectivity index is 1.85. The van der Waals surface area contributed by atoms with Gasteiger partial charge >= 0.3 is 0 Å². The van der Waals surface area contributed by atoms with Crippen LogP contribution in [0, 0.1) is 0 Å². The van der Waals surface area contributed by atoms with Crippen molar-refractivity contribution in [3.63, 3.8) is 0 Å². The number of unbranched alkanes of at least 4 members (excludes halogenated alkanes) is 3. The number of imide groups is 1. The zero-order chi connectivity index (χ0) is 20.8. The minimum atomic E-state index is -0.207. The average Bonchev–Trinajstić information content (AvgIpc) is 2.97. The first kappa shape index (κ1) is 21.8. The van der Waals surface area contributed by atoms with Crippen LogP contribution in [0.1, 0.15) is 38.2 Å². The Kier molecular flexibility index (Phi) is 7.70. The number of aliphatic hydroxyl groups excluding tert-OH is 1. The number of hydrogen-bond donors (Lipinski definition) is 1. The van der Waals surface area contributed by atoms with Crippen molar-refractivity contribution in [2.45, 2.75) is 32.6 Å². The third kappa shape index (κ3) is 5.00. The van der Waals surface area contributed by atoms with Crippen LogP contribution in [0.5, 0.6) is 0 Å². The van der Waals surface area contributed by atoms with Crippen LogP contribution in [0.15, 0.2) is 30.0 Å². The van der Waals surface area contributed by atoms with E-state index in [-0.39, 0.29) is 18.4 Å². The summed E-state index contributed by atoms with van der Waals surface area (Å²) in [4.78, 5) is 32.1. The molecule has 1 saturated heterocycles. The lowest BCUT2D eigenvalue weighted by atomic mass is 10.0. The molecule has 0 aliphatic carbocycles. The zero-order valence-corrected chi connectivity index (χ0v) is 17.8. The maximum absolute atomic E-state index is 13.3. The second kappa shape index (κ2) is 10.2. The van der Waals surface area contributed by atoms with Crippen molar-refractivity contribution in [3.8, 4) is 0 Å². The summed E-state index contributed by atoms with van der Waals surface area (Å²) < 4.78 is 0. The van der Waals surface area contributed by atoms with E-state index in [1.807, 2.05) is 17.0 Å². The quantitative estimate of drug-likeness (QED) is 0.492. The predicted octanol–water partition coefficient (Wildman–Crippen LogP) is 2.61. The van der Waals surface area contributed by atoms with E-state index >= 15 is 0 Å². The fourth-order valence-electron chi connectivity index (χ4n) is 3.97. The molecule has 2 heterocycles. The maximum Gasteiger partial charge on any atom is 0.277 e. The lowest BCUT2D eigenvalue weighted by Crippen LogP contribution is -2.48. The summed E-state index contributed by atoms with van der Waals surface area (Å²) in [6.45, 7) is 6.20. The number of rotatable bonds is 9. The predicted molar refractivity (Wildman–Crippen MR) is 114 cm³/mol. The van der Waals surface area contributed by atoms with E-state index in [0.717, 1.165) is 44.3 Å². The number of benzene rings is 1. The van der Waals surface area contributed by atoms with Crippen molar-refractivity contribution >= 4 is 29.0 Å². The van der Waals surface area contributed by atoms with Gasteiger partial charge in [-0.05, 0) is 24.1 Å². The van der Waals surface area contributed by atoms with Crippen molar-refractivity contribution in [2.24, 2.45) is 0 Å². The van der Waals surface area contributed by atoms with Crippen LogP contribution in [0.2, 0.25) is 5.02 Å². The SMILES string of the molecule is CCCCCCN1C(=O)C(c2ccc(Cl)cc2)=C(N2CCN(CCO)CC2)C1=O. The number of carbonyl (C=O) groups excluding carboxylic acids is 2. The number of hydrogen-bond acceptors (Lipinski definition) is 5. The molecule has 1 aromatic rings. The van der Waals surface area contributed by atoms with E-state index in [0.29, 0.717) is 42.5 Å². The molecule has 0 spiro atoms. The van der Waals surface area contributed by atoms with Gasteiger partial charge in [0.25, 0.3) is 11.8 Å². The Morgan fingerprint density at radius 2 is 1.62 bits per heavy atom. The molecule has 0 atom stereocenters.